The largest absolute Gasteiger partial charge is 0.477 e. The number of carbonyl (C=O) groups is 1. The monoisotopic (exact) mass is 405 g/mol. The van der Waals surface area contributed by atoms with Gasteiger partial charge in [-0.05, 0) is 43.0 Å². The van der Waals surface area contributed by atoms with E-state index in [1.165, 1.54) is 6.20 Å². The standard InChI is InChI=1S/C23H23N3O4/c1-2-13-30-20-6-3-5-19-21(20)22(27)18(23(28)29)15-25(19)14-16-7-9-17(10-8-16)26-12-4-11-24-26/h2,4,7-12,15,20H,1,3,5-6,13-14H2,(H,28,29). The van der Waals surface area contributed by atoms with Gasteiger partial charge in [-0.25, -0.2) is 9.48 Å². The van der Waals surface area contributed by atoms with Gasteiger partial charge in [0.2, 0.25) is 5.43 Å². The molecule has 4 rings (SSSR count). The Morgan fingerprint density at radius 3 is 2.80 bits per heavy atom. The molecule has 1 atom stereocenters. The number of benzene rings is 1. The minimum absolute atomic E-state index is 0.226. The van der Waals surface area contributed by atoms with Gasteiger partial charge in [0.1, 0.15) is 5.56 Å². The van der Waals surface area contributed by atoms with Crippen molar-refractivity contribution in [3.8, 4) is 5.69 Å². The molecule has 1 aliphatic rings. The first-order valence-corrected chi connectivity index (χ1v) is 9.89. The van der Waals surface area contributed by atoms with E-state index in [0.29, 0.717) is 31.6 Å². The number of pyridine rings is 1. The van der Waals surface area contributed by atoms with E-state index in [0.717, 1.165) is 23.4 Å². The van der Waals surface area contributed by atoms with Gasteiger partial charge in [-0.2, -0.15) is 5.10 Å². The number of aromatic carboxylic acids is 1. The number of carboxylic acid groups (broad SMARTS) is 1. The van der Waals surface area contributed by atoms with Crippen molar-refractivity contribution in [2.45, 2.75) is 31.9 Å². The number of carboxylic acids is 1. The molecule has 1 N–H and O–H groups in total. The first kappa shape index (κ1) is 19.8. The molecular weight excluding hydrogens is 382 g/mol. The number of nitrogens with zero attached hydrogens (tertiary/aromatic N) is 3. The van der Waals surface area contributed by atoms with E-state index in [-0.39, 0.29) is 5.56 Å². The quantitative estimate of drug-likeness (QED) is 0.609. The molecule has 0 radical (unpaired) electrons. The Kier molecular flexibility index (Phi) is 5.63. The van der Waals surface area contributed by atoms with Crippen molar-refractivity contribution in [2.75, 3.05) is 6.61 Å². The molecule has 1 unspecified atom stereocenters. The van der Waals surface area contributed by atoms with E-state index in [1.807, 2.05) is 41.1 Å². The van der Waals surface area contributed by atoms with Gasteiger partial charge in [0.05, 0.1) is 18.4 Å². The van der Waals surface area contributed by atoms with E-state index >= 15 is 0 Å². The van der Waals surface area contributed by atoms with Crippen molar-refractivity contribution in [2.24, 2.45) is 0 Å². The zero-order valence-corrected chi connectivity index (χ0v) is 16.5. The molecule has 2 aromatic heterocycles. The van der Waals surface area contributed by atoms with Crippen molar-refractivity contribution in [3.63, 3.8) is 0 Å². The molecule has 0 amide bonds. The Labute approximate surface area is 173 Å². The van der Waals surface area contributed by atoms with E-state index in [1.54, 1.807) is 17.0 Å². The number of aromatic nitrogens is 3. The second-order valence-corrected chi connectivity index (χ2v) is 7.29. The van der Waals surface area contributed by atoms with Gasteiger partial charge in [0, 0.05) is 36.4 Å². The zero-order valence-electron chi connectivity index (χ0n) is 16.5. The van der Waals surface area contributed by atoms with Crippen LogP contribution >= 0.6 is 0 Å². The molecule has 1 aromatic carbocycles. The summed E-state index contributed by atoms with van der Waals surface area (Å²) in [7, 11) is 0. The lowest BCUT2D eigenvalue weighted by Crippen LogP contribution is -2.31. The summed E-state index contributed by atoms with van der Waals surface area (Å²) in [6.45, 7) is 4.44. The van der Waals surface area contributed by atoms with Crippen molar-refractivity contribution < 1.29 is 14.6 Å². The number of ether oxygens (including phenoxy) is 1. The Bertz CT molecular complexity index is 1110. The molecule has 0 fully saturated rings. The first-order chi connectivity index (χ1) is 14.6. The molecule has 0 spiro atoms. The molecule has 7 nitrogen and oxygen atoms in total. The van der Waals surface area contributed by atoms with Crippen LogP contribution in [0.5, 0.6) is 0 Å². The van der Waals surface area contributed by atoms with Crippen LogP contribution in [0.4, 0.5) is 0 Å². The zero-order chi connectivity index (χ0) is 21.1. The number of hydrogen-bond acceptors (Lipinski definition) is 4. The summed E-state index contributed by atoms with van der Waals surface area (Å²) in [6, 6.07) is 9.75. The molecule has 7 heteroatoms. The maximum absolute atomic E-state index is 12.9. The number of rotatable bonds is 7. The molecule has 0 saturated heterocycles. The lowest BCUT2D eigenvalue weighted by Gasteiger charge is -2.28. The van der Waals surface area contributed by atoms with E-state index < -0.39 is 17.5 Å². The van der Waals surface area contributed by atoms with Crippen LogP contribution < -0.4 is 5.43 Å². The Hall–Kier alpha value is -3.45. The SMILES string of the molecule is C=CCOC1CCCc2c1c(=O)c(C(=O)O)cn2Cc1ccc(-n2cccn2)cc1. The van der Waals surface area contributed by atoms with E-state index in [4.69, 9.17) is 4.74 Å². The summed E-state index contributed by atoms with van der Waals surface area (Å²) in [5.41, 5.74) is 2.59. The summed E-state index contributed by atoms with van der Waals surface area (Å²) >= 11 is 0. The van der Waals surface area contributed by atoms with Gasteiger partial charge in [-0.3, -0.25) is 4.79 Å². The Morgan fingerprint density at radius 2 is 2.13 bits per heavy atom. The van der Waals surface area contributed by atoms with Crippen molar-refractivity contribution in [3.05, 3.63) is 94.2 Å². The fourth-order valence-electron chi connectivity index (χ4n) is 3.95. The van der Waals surface area contributed by atoms with E-state index in [2.05, 4.69) is 11.7 Å². The minimum Gasteiger partial charge on any atom is -0.477 e. The highest BCUT2D eigenvalue weighted by atomic mass is 16.5. The summed E-state index contributed by atoms with van der Waals surface area (Å²) in [5.74, 6) is -1.22. The van der Waals surface area contributed by atoms with E-state index in [9.17, 15) is 14.7 Å². The molecule has 2 heterocycles. The molecule has 3 aromatic rings. The van der Waals surface area contributed by atoms with Crippen molar-refractivity contribution >= 4 is 5.97 Å². The molecule has 154 valence electrons. The lowest BCUT2D eigenvalue weighted by atomic mass is 9.91. The normalized spacial score (nSPS) is 15.5. The maximum Gasteiger partial charge on any atom is 0.341 e. The molecule has 0 bridgehead atoms. The molecule has 30 heavy (non-hydrogen) atoms. The van der Waals surface area contributed by atoms with Crippen LogP contribution in [0, 0.1) is 0 Å². The van der Waals surface area contributed by atoms with Gasteiger partial charge in [-0.15, -0.1) is 6.58 Å². The van der Waals surface area contributed by atoms with Gasteiger partial charge in [-0.1, -0.05) is 18.2 Å². The lowest BCUT2D eigenvalue weighted by molar-refractivity contribution is 0.0583. The van der Waals surface area contributed by atoms with Gasteiger partial charge < -0.3 is 14.4 Å². The first-order valence-electron chi connectivity index (χ1n) is 9.89. The summed E-state index contributed by atoms with van der Waals surface area (Å²) in [5, 5.41) is 13.8. The predicted molar refractivity (Wildman–Crippen MR) is 112 cm³/mol. The van der Waals surface area contributed by atoms with Gasteiger partial charge in [0.15, 0.2) is 0 Å². The maximum atomic E-state index is 12.9. The molecule has 1 aliphatic carbocycles. The molecule has 0 aliphatic heterocycles. The summed E-state index contributed by atoms with van der Waals surface area (Å²) in [4.78, 5) is 24.6. The molecular formula is C23H23N3O4. The van der Waals surface area contributed by atoms with Gasteiger partial charge in [0.25, 0.3) is 0 Å². The smallest absolute Gasteiger partial charge is 0.341 e. The molecule has 0 saturated carbocycles. The Balaban J connectivity index is 1.72. The highest BCUT2D eigenvalue weighted by molar-refractivity contribution is 5.87. The number of hydrogen-bond donors (Lipinski definition) is 1. The predicted octanol–water partition coefficient (Wildman–Crippen LogP) is 3.36. The highest BCUT2D eigenvalue weighted by Crippen LogP contribution is 2.31. The average Bonchev–Trinajstić information content (AvgIpc) is 3.29. The summed E-state index contributed by atoms with van der Waals surface area (Å²) in [6.07, 6.45) is 8.55. The topological polar surface area (TPSA) is 86.4 Å². The van der Waals surface area contributed by atoms with Crippen LogP contribution in [0.1, 0.15) is 46.1 Å². The fourth-order valence-corrected chi connectivity index (χ4v) is 3.95. The third-order valence-corrected chi connectivity index (χ3v) is 5.34. The van der Waals surface area contributed by atoms with Crippen LogP contribution in [0.2, 0.25) is 0 Å². The average molecular weight is 405 g/mol. The second-order valence-electron chi connectivity index (χ2n) is 7.29. The van der Waals surface area contributed by atoms with Crippen LogP contribution in [0.25, 0.3) is 5.69 Å². The van der Waals surface area contributed by atoms with Crippen LogP contribution in [0.15, 0.2) is 66.4 Å². The highest BCUT2D eigenvalue weighted by Gasteiger charge is 2.29. The fraction of sp³-hybridized carbons (Fsp3) is 0.261. The third kappa shape index (κ3) is 3.84. The van der Waals surface area contributed by atoms with Crippen LogP contribution in [-0.4, -0.2) is 32.0 Å². The van der Waals surface area contributed by atoms with Gasteiger partial charge >= 0.3 is 5.97 Å². The number of fused-ring (bicyclic) bond motifs is 1. The van der Waals surface area contributed by atoms with Crippen LogP contribution in [-0.2, 0) is 17.7 Å². The van der Waals surface area contributed by atoms with Crippen molar-refractivity contribution in [1.82, 2.24) is 14.3 Å². The second kappa shape index (κ2) is 8.51. The van der Waals surface area contributed by atoms with Crippen molar-refractivity contribution in [1.29, 1.82) is 0 Å². The third-order valence-electron chi connectivity index (χ3n) is 5.34. The Morgan fingerprint density at radius 1 is 1.33 bits per heavy atom. The minimum atomic E-state index is -1.22. The van der Waals surface area contributed by atoms with Crippen LogP contribution in [0.3, 0.4) is 0 Å². The summed E-state index contributed by atoms with van der Waals surface area (Å²) < 4.78 is 9.46.